The number of carbonyl (C=O) groups excluding carboxylic acids is 2. The topological polar surface area (TPSA) is 55.8 Å². The number of amides is 2. The van der Waals surface area contributed by atoms with E-state index in [1.807, 2.05) is 6.92 Å². The first-order chi connectivity index (χ1) is 13.9. The van der Waals surface area contributed by atoms with E-state index in [0.717, 1.165) is 16.7 Å². The number of hydrogen-bond donors (Lipinski definition) is 0. The van der Waals surface area contributed by atoms with E-state index >= 15 is 0 Å². The molecule has 0 atom stereocenters. The molecule has 1 fully saturated rings. The van der Waals surface area contributed by atoms with Gasteiger partial charge in [-0.15, -0.1) is 0 Å². The Balaban J connectivity index is 1.93. The van der Waals surface area contributed by atoms with E-state index in [1.54, 1.807) is 48.6 Å². The number of halogens is 2. The third kappa shape index (κ3) is 4.78. The average Bonchev–Trinajstić information content (AvgIpc) is 2.95. The summed E-state index contributed by atoms with van der Waals surface area (Å²) < 4.78 is 11.2. The molecule has 3 rings (SSSR count). The number of rotatable bonds is 7. The van der Waals surface area contributed by atoms with Crippen molar-refractivity contribution < 1.29 is 19.1 Å². The molecule has 0 spiro atoms. The second-order valence-corrected chi connectivity index (χ2v) is 7.69. The number of anilines is 1. The summed E-state index contributed by atoms with van der Waals surface area (Å²) in [6, 6.07) is 9.86. The molecule has 0 aliphatic carbocycles. The van der Waals surface area contributed by atoms with Crippen LogP contribution < -0.4 is 14.4 Å². The van der Waals surface area contributed by atoms with Crippen molar-refractivity contribution in [3.63, 3.8) is 0 Å². The van der Waals surface area contributed by atoms with Crippen molar-refractivity contribution in [2.45, 2.75) is 6.92 Å². The third-order valence-electron chi connectivity index (χ3n) is 3.85. The maximum atomic E-state index is 12.8. The van der Waals surface area contributed by atoms with Gasteiger partial charge in [0.05, 0.1) is 22.2 Å². The summed E-state index contributed by atoms with van der Waals surface area (Å²) in [7, 11) is 0. The Morgan fingerprint density at radius 1 is 1.14 bits per heavy atom. The van der Waals surface area contributed by atoms with E-state index in [9.17, 15) is 9.59 Å². The monoisotopic (exact) mass is 449 g/mol. The molecule has 1 aliphatic rings. The van der Waals surface area contributed by atoms with Crippen LogP contribution in [0.4, 0.5) is 10.5 Å². The van der Waals surface area contributed by atoms with Crippen molar-refractivity contribution in [2.75, 3.05) is 18.1 Å². The number of thioether (sulfide) groups is 1. The van der Waals surface area contributed by atoms with Crippen LogP contribution in [0, 0.1) is 0 Å². The zero-order valence-corrected chi connectivity index (χ0v) is 17.8. The molecule has 29 heavy (non-hydrogen) atoms. The van der Waals surface area contributed by atoms with Gasteiger partial charge in [0, 0.05) is 5.02 Å². The van der Waals surface area contributed by atoms with Gasteiger partial charge < -0.3 is 9.47 Å². The van der Waals surface area contributed by atoms with E-state index in [-0.39, 0.29) is 16.8 Å². The zero-order chi connectivity index (χ0) is 21.0. The summed E-state index contributed by atoms with van der Waals surface area (Å²) in [6.07, 6.45) is 3.21. The van der Waals surface area contributed by atoms with Crippen molar-refractivity contribution in [2.24, 2.45) is 0 Å². The molecule has 1 heterocycles. The molecule has 0 bridgehead atoms. The van der Waals surface area contributed by atoms with Gasteiger partial charge in [-0.3, -0.25) is 9.59 Å². The normalized spacial score (nSPS) is 15.1. The Bertz CT molecular complexity index is 989. The molecule has 2 aromatic rings. The van der Waals surface area contributed by atoms with Crippen LogP contribution >= 0.6 is 35.0 Å². The second kappa shape index (κ2) is 9.39. The Hall–Kier alpha value is -2.41. The maximum Gasteiger partial charge on any atom is 0.298 e. The number of benzene rings is 2. The number of imide groups is 1. The van der Waals surface area contributed by atoms with Gasteiger partial charge in [0.15, 0.2) is 11.5 Å². The molecular formula is C21H17Cl2NO4S. The van der Waals surface area contributed by atoms with Gasteiger partial charge in [-0.1, -0.05) is 35.9 Å². The van der Waals surface area contributed by atoms with Crippen molar-refractivity contribution in [1.82, 2.24) is 0 Å². The minimum Gasteiger partial charge on any atom is -0.490 e. The third-order valence-corrected chi connectivity index (χ3v) is 5.26. The van der Waals surface area contributed by atoms with Gasteiger partial charge in [-0.25, -0.2) is 4.90 Å². The molecule has 0 N–H and O–H groups in total. The number of nitrogens with zero attached hydrogens (tertiary/aromatic N) is 1. The molecule has 2 amide bonds. The summed E-state index contributed by atoms with van der Waals surface area (Å²) in [5.74, 6) is 0.438. The van der Waals surface area contributed by atoms with Gasteiger partial charge in [0.1, 0.15) is 6.61 Å². The molecule has 5 nitrogen and oxygen atoms in total. The fraction of sp³-hybridized carbons (Fsp3) is 0.143. The number of ether oxygens (including phenoxy) is 2. The largest absolute Gasteiger partial charge is 0.490 e. The van der Waals surface area contributed by atoms with Gasteiger partial charge in [0.2, 0.25) is 0 Å². The van der Waals surface area contributed by atoms with Gasteiger partial charge in [-0.2, -0.15) is 0 Å². The highest BCUT2D eigenvalue weighted by molar-refractivity contribution is 8.19. The van der Waals surface area contributed by atoms with Crippen LogP contribution in [0.2, 0.25) is 10.0 Å². The predicted molar refractivity (Wildman–Crippen MR) is 118 cm³/mol. The maximum absolute atomic E-state index is 12.8. The standard InChI is InChI=1S/C21H17Cl2NO4S/c1-3-9-28-19-16(23)10-13(11-17(19)27-4-2)12-18-20(25)24(21(26)29-18)15-7-5-14(22)6-8-15/h3,5-8,10-12H,1,4,9H2,2H3/b18-12-. The predicted octanol–water partition coefficient (Wildman–Crippen LogP) is 6.20. The molecule has 8 heteroatoms. The van der Waals surface area contributed by atoms with Crippen LogP contribution in [0.1, 0.15) is 12.5 Å². The minimum atomic E-state index is -0.414. The lowest BCUT2D eigenvalue weighted by Gasteiger charge is -2.14. The fourth-order valence-corrected chi connectivity index (χ4v) is 3.89. The highest BCUT2D eigenvalue weighted by Crippen LogP contribution is 2.40. The summed E-state index contributed by atoms with van der Waals surface area (Å²) in [6.45, 7) is 6.15. The molecule has 1 saturated heterocycles. The Morgan fingerprint density at radius 3 is 2.52 bits per heavy atom. The average molecular weight is 450 g/mol. The lowest BCUT2D eigenvalue weighted by Crippen LogP contribution is -2.27. The quantitative estimate of drug-likeness (QED) is 0.372. The molecule has 150 valence electrons. The van der Waals surface area contributed by atoms with Crippen LogP contribution in [-0.4, -0.2) is 24.4 Å². The molecule has 0 aromatic heterocycles. The number of hydrogen-bond acceptors (Lipinski definition) is 5. The van der Waals surface area contributed by atoms with Gasteiger partial charge in [-0.05, 0) is 66.7 Å². The van der Waals surface area contributed by atoms with E-state index in [4.69, 9.17) is 32.7 Å². The van der Waals surface area contributed by atoms with Crippen LogP contribution in [0.5, 0.6) is 11.5 Å². The SMILES string of the molecule is C=CCOc1c(Cl)cc(/C=C2\SC(=O)N(c3ccc(Cl)cc3)C2=O)cc1OCC. The van der Waals surface area contributed by atoms with Crippen LogP contribution in [0.3, 0.4) is 0 Å². The first-order valence-electron chi connectivity index (χ1n) is 8.68. The van der Waals surface area contributed by atoms with E-state index in [0.29, 0.717) is 39.4 Å². The van der Waals surface area contributed by atoms with Crippen LogP contribution in [0.25, 0.3) is 6.08 Å². The van der Waals surface area contributed by atoms with Crippen molar-refractivity contribution in [3.05, 3.63) is 69.6 Å². The minimum absolute atomic E-state index is 0.277. The Morgan fingerprint density at radius 2 is 1.86 bits per heavy atom. The van der Waals surface area contributed by atoms with Gasteiger partial charge >= 0.3 is 0 Å². The van der Waals surface area contributed by atoms with E-state index in [2.05, 4.69) is 6.58 Å². The lowest BCUT2D eigenvalue weighted by molar-refractivity contribution is -0.113. The molecular weight excluding hydrogens is 433 g/mol. The molecule has 0 radical (unpaired) electrons. The summed E-state index contributed by atoms with van der Waals surface area (Å²) in [5, 5.41) is 0.472. The van der Waals surface area contributed by atoms with E-state index in [1.165, 1.54) is 0 Å². The van der Waals surface area contributed by atoms with Crippen molar-refractivity contribution >= 4 is 57.9 Å². The number of carbonyl (C=O) groups is 2. The summed E-state index contributed by atoms with van der Waals surface area (Å²) in [5.41, 5.74) is 1.08. The smallest absolute Gasteiger partial charge is 0.298 e. The van der Waals surface area contributed by atoms with Crippen molar-refractivity contribution in [3.8, 4) is 11.5 Å². The second-order valence-electron chi connectivity index (χ2n) is 5.86. The van der Waals surface area contributed by atoms with Crippen molar-refractivity contribution in [1.29, 1.82) is 0 Å². The zero-order valence-electron chi connectivity index (χ0n) is 15.5. The molecule has 0 unspecified atom stereocenters. The van der Waals surface area contributed by atoms with Crippen LogP contribution in [0.15, 0.2) is 54.0 Å². The molecule has 1 aliphatic heterocycles. The highest BCUT2D eigenvalue weighted by atomic mass is 35.5. The first kappa shape index (κ1) is 21.3. The highest BCUT2D eigenvalue weighted by Gasteiger charge is 2.36. The van der Waals surface area contributed by atoms with E-state index < -0.39 is 5.91 Å². The Kier molecular flexibility index (Phi) is 6.90. The fourth-order valence-electron chi connectivity index (χ4n) is 2.65. The first-order valence-corrected chi connectivity index (χ1v) is 10.3. The summed E-state index contributed by atoms with van der Waals surface area (Å²) in [4.78, 5) is 26.6. The summed E-state index contributed by atoms with van der Waals surface area (Å²) >= 11 is 13.1. The molecule has 0 saturated carbocycles. The van der Waals surface area contributed by atoms with Gasteiger partial charge in [0.25, 0.3) is 11.1 Å². The lowest BCUT2D eigenvalue weighted by atomic mass is 10.1. The molecule has 2 aromatic carbocycles. The Labute approximate surface area is 182 Å². The van der Waals surface area contributed by atoms with Crippen LogP contribution in [-0.2, 0) is 4.79 Å².